The van der Waals surface area contributed by atoms with Crippen LogP contribution in [0.25, 0.3) is 0 Å². The fourth-order valence-electron chi connectivity index (χ4n) is 8.30. The van der Waals surface area contributed by atoms with Crippen LogP contribution in [0.3, 0.4) is 0 Å². The summed E-state index contributed by atoms with van der Waals surface area (Å²) in [6, 6.07) is 5.24. The summed E-state index contributed by atoms with van der Waals surface area (Å²) in [7, 11) is 0. The fraction of sp³-hybridized carbons (Fsp3) is 0.667. The minimum Gasteiger partial charge on any atom is -0.359 e. The number of anilines is 1. The summed E-state index contributed by atoms with van der Waals surface area (Å²) >= 11 is 0. The monoisotopic (exact) mass is 562 g/mol. The van der Waals surface area contributed by atoms with Crippen LogP contribution in [0.2, 0.25) is 0 Å². The third-order valence-corrected chi connectivity index (χ3v) is 10.5. The highest BCUT2D eigenvalue weighted by atomic mass is 16.5. The highest BCUT2D eigenvalue weighted by Gasteiger charge is 2.72. The predicted octanol–water partition coefficient (Wildman–Crippen LogP) is 3.82. The first-order valence-corrected chi connectivity index (χ1v) is 15.8. The first kappa shape index (κ1) is 28.4. The first-order chi connectivity index (χ1) is 19.7. The average Bonchev–Trinajstić information content (AvgIpc) is 3.69. The standard InChI is InChI=1S/C33H46N4O4/c1-20-17-21(2)19-24(18-20)34-30(38)27-26-11-12-33(41-26)28(27)32(40)37(16-8-15-36-13-5-6-14-36)29(33)31(39)35-25-10-7-9-22(3)23(25)4/h11-12,17-19,22-23,25-29H,5-10,13-16H2,1-4H3,(H,34,38)(H,35,39)/t22-,23+,25-,26-,27+,28-,29-,33-/m1/s1. The number of hydrogen-bond donors (Lipinski definition) is 2. The van der Waals surface area contributed by atoms with E-state index in [1.165, 1.54) is 19.3 Å². The molecule has 1 aromatic rings. The van der Waals surface area contributed by atoms with Crippen LogP contribution < -0.4 is 10.6 Å². The molecule has 8 heteroatoms. The van der Waals surface area contributed by atoms with Crippen molar-refractivity contribution in [2.24, 2.45) is 23.7 Å². The Morgan fingerprint density at radius 2 is 1.73 bits per heavy atom. The molecule has 41 heavy (non-hydrogen) atoms. The lowest BCUT2D eigenvalue weighted by molar-refractivity contribution is -0.141. The second-order valence-electron chi connectivity index (χ2n) is 13.4. The minimum atomic E-state index is -1.12. The van der Waals surface area contributed by atoms with Gasteiger partial charge in [-0.3, -0.25) is 14.4 Å². The molecule has 3 saturated heterocycles. The van der Waals surface area contributed by atoms with Gasteiger partial charge in [-0.2, -0.15) is 0 Å². The molecule has 2 bridgehead atoms. The number of likely N-dealkylation sites (tertiary alicyclic amines) is 2. The molecule has 1 saturated carbocycles. The van der Waals surface area contributed by atoms with E-state index in [1.807, 2.05) is 38.1 Å². The van der Waals surface area contributed by atoms with E-state index in [4.69, 9.17) is 4.74 Å². The number of amides is 3. The Labute approximate surface area is 244 Å². The number of rotatable bonds is 8. The summed E-state index contributed by atoms with van der Waals surface area (Å²) in [6.07, 6.45) is 9.73. The van der Waals surface area contributed by atoms with E-state index < -0.39 is 29.6 Å². The van der Waals surface area contributed by atoms with Crippen molar-refractivity contribution in [2.75, 3.05) is 31.5 Å². The van der Waals surface area contributed by atoms with Gasteiger partial charge in [0, 0.05) is 18.3 Å². The van der Waals surface area contributed by atoms with E-state index in [0.717, 1.165) is 55.7 Å². The third-order valence-electron chi connectivity index (χ3n) is 10.5. The average molecular weight is 563 g/mol. The van der Waals surface area contributed by atoms with Crippen LogP contribution in [0.4, 0.5) is 5.69 Å². The van der Waals surface area contributed by atoms with Crippen LogP contribution in [-0.2, 0) is 19.1 Å². The highest BCUT2D eigenvalue weighted by molar-refractivity contribution is 6.02. The van der Waals surface area contributed by atoms with Crippen molar-refractivity contribution in [3.8, 4) is 0 Å². The molecule has 0 radical (unpaired) electrons. The first-order valence-electron chi connectivity index (χ1n) is 15.8. The van der Waals surface area contributed by atoms with Crippen LogP contribution in [0, 0.1) is 37.5 Å². The van der Waals surface area contributed by atoms with Crippen LogP contribution in [0.1, 0.15) is 63.5 Å². The molecular weight excluding hydrogens is 516 g/mol. The molecule has 222 valence electrons. The maximum absolute atomic E-state index is 14.2. The quantitative estimate of drug-likeness (QED) is 0.470. The summed E-state index contributed by atoms with van der Waals surface area (Å²) in [5, 5.41) is 6.42. The topological polar surface area (TPSA) is 91.0 Å². The Morgan fingerprint density at radius 1 is 1.00 bits per heavy atom. The molecule has 4 fully saturated rings. The van der Waals surface area contributed by atoms with Crippen molar-refractivity contribution in [3.63, 3.8) is 0 Å². The number of aryl methyl sites for hydroxylation is 2. The van der Waals surface area contributed by atoms with E-state index >= 15 is 0 Å². The zero-order valence-corrected chi connectivity index (χ0v) is 25.0. The van der Waals surface area contributed by atoms with E-state index in [9.17, 15) is 14.4 Å². The second-order valence-corrected chi connectivity index (χ2v) is 13.4. The lowest BCUT2D eigenvalue weighted by atomic mass is 9.73. The van der Waals surface area contributed by atoms with Gasteiger partial charge in [-0.05, 0) is 94.3 Å². The molecular formula is C33H46N4O4. The maximum atomic E-state index is 14.2. The van der Waals surface area contributed by atoms with Gasteiger partial charge >= 0.3 is 0 Å². The van der Waals surface area contributed by atoms with Crippen LogP contribution >= 0.6 is 0 Å². The van der Waals surface area contributed by atoms with Gasteiger partial charge < -0.3 is 25.2 Å². The highest BCUT2D eigenvalue weighted by Crippen LogP contribution is 2.55. The number of hydrogen-bond acceptors (Lipinski definition) is 5. The predicted molar refractivity (Wildman–Crippen MR) is 158 cm³/mol. The molecule has 1 spiro atoms. The number of nitrogens with one attached hydrogen (secondary N) is 2. The van der Waals surface area contributed by atoms with Gasteiger partial charge in [0.1, 0.15) is 11.6 Å². The summed E-state index contributed by atoms with van der Waals surface area (Å²) in [5.41, 5.74) is 1.72. The third kappa shape index (κ3) is 5.11. The van der Waals surface area contributed by atoms with E-state index in [0.29, 0.717) is 18.4 Å². The van der Waals surface area contributed by atoms with Gasteiger partial charge in [-0.25, -0.2) is 0 Å². The molecule has 0 unspecified atom stereocenters. The Bertz CT molecular complexity index is 1210. The van der Waals surface area contributed by atoms with Crippen molar-refractivity contribution in [3.05, 3.63) is 41.5 Å². The van der Waals surface area contributed by atoms with Gasteiger partial charge in [-0.1, -0.05) is 44.9 Å². The zero-order chi connectivity index (χ0) is 28.9. The van der Waals surface area contributed by atoms with Crippen molar-refractivity contribution < 1.29 is 19.1 Å². The molecule has 8 atom stereocenters. The Hall–Kier alpha value is -2.71. The van der Waals surface area contributed by atoms with Crippen molar-refractivity contribution in [2.45, 2.75) is 90.0 Å². The number of carbonyl (C=O) groups excluding carboxylic acids is 3. The molecule has 6 rings (SSSR count). The second kappa shape index (κ2) is 11.2. The number of carbonyl (C=O) groups is 3. The van der Waals surface area contributed by atoms with Crippen molar-refractivity contribution in [1.82, 2.24) is 15.1 Å². The molecule has 0 aromatic heterocycles. The van der Waals surface area contributed by atoms with E-state index in [2.05, 4.69) is 35.4 Å². The number of nitrogens with zero attached hydrogens (tertiary/aromatic N) is 2. The van der Waals surface area contributed by atoms with Gasteiger partial charge in [0.05, 0.1) is 17.9 Å². The lowest BCUT2D eigenvalue weighted by Crippen LogP contribution is -2.58. The van der Waals surface area contributed by atoms with Crippen LogP contribution in [-0.4, -0.2) is 77.5 Å². The summed E-state index contributed by atoms with van der Waals surface area (Å²) in [5.74, 6) is -0.988. The van der Waals surface area contributed by atoms with Gasteiger partial charge in [-0.15, -0.1) is 0 Å². The Kier molecular flexibility index (Phi) is 7.74. The van der Waals surface area contributed by atoms with Gasteiger partial charge in [0.2, 0.25) is 17.7 Å². The molecule has 1 aromatic carbocycles. The summed E-state index contributed by atoms with van der Waals surface area (Å²) in [6.45, 7) is 12.0. The van der Waals surface area contributed by atoms with E-state index in [-0.39, 0.29) is 23.8 Å². The SMILES string of the molecule is Cc1cc(C)cc(NC(=O)[C@H]2[C@H]3C=C[C@@]4(O3)[C@H]2C(=O)N(CCCN2CCCC2)[C@@H]4C(=O)N[C@@H]2CCC[C@@H](C)[C@@H]2C)c1. The lowest BCUT2D eigenvalue weighted by Gasteiger charge is -2.38. The molecule has 8 nitrogen and oxygen atoms in total. The van der Waals surface area contributed by atoms with Crippen molar-refractivity contribution >= 4 is 23.4 Å². The minimum absolute atomic E-state index is 0.0782. The molecule has 4 heterocycles. The van der Waals surface area contributed by atoms with E-state index in [1.54, 1.807) is 4.90 Å². The van der Waals surface area contributed by atoms with Crippen LogP contribution in [0.5, 0.6) is 0 Å². The van der Waals surface area contributed by atoms with Crippen molar-refractivity contribution in [1.29, 1.82) is 0 Å². The number of fused-ring (bicyclic) bond motifs is 1. The zero-order valence-electron chi connectivity index (χ0n) is 25.0. The molecule has 1 aliphatic carbocycles. The van der Waals surface area contributed by atoms with Crippen LogP contribution in [0.15, 0.2) is 30.4 Å². The Morgan fingerprint density at radius 3 is 2.46 bits per heavy atom. The smallest absolute Gasteiger partial charge is 0.246 e. The normalized spacial score (nSPS) is 36.1. The van der Waals surface area contributed by atoms with Gasteiger partial charge in [0.15, 0.2) is 0 Å². The molecule has 2 N–H and O–H groups in total. The Balaban J connectivity index is 1.26. The van der Waals surface area contributed by atoms with Gasteiger partial charge in [0.25, 0.3) is 0 Å². The fourth-order valence-corrected chi connectivity index (χ4v) is 8.30. The molecule has 4 aliphatic heterocycles. The maximum Gasteiger partial charge on any atom is 0.246 e. The number of ether oxygens (including phenoxy) is 1. The molecule has 3 amide bonds. The summed E-state index contributed by atoms with van der Waals surface area (Å²) in [4.78, 5) is 46.4. The number of benzene rings is 1. The summed E-state index contributed by atoms with van der Waals surface area (Å²) < 4.78 is 6.55. The largest absolute Gasteiger partial charge is 0.359 e. The molecule has 5 aliphatic rings.